The molecule has 0 nitrogen and oxygen atoms in total. The largest absolute Gasteiger partial charge is 0.207 e. The lowest BCUT2D eigenvalue weighted by Crippen LogP contribution is -2.00. The van der Waals surface area contributed by atoms with Gasteiger partial charge in [-0.15, -0.1) is 0 Å². The minimum Gasteiger partial charge on any atom is -0.207 e. The van der Waals surface area contributed by atoms with Crippen molar-refractivity contribution in [2.75, 3.05) is 0 Å². The van der Waals surface area contributed by atoms with Crippen molar-refractivity contribution < 1.29 is 4.39 Å². The zero-order valence-corrected chi connectivity index (χ0v) is 10.3. The third-order valence-corrected chi connectivity index (χ3v) is 3.10. The van der Waals surface area contributed by atoms with Crippen LogP contribution in [0, 0.1) is 12.7 Å². The highest BCUT2D eigenvalue weighted by Crippen LogP contribution is 2.28. The number of halogens is 1. The molecule has 0 bridgehead atoms. The van der Waals surface area contributed by atoms with Gasteiger partial charge in [0.15, 0.2) is 0 Å². The Morgan fingerprint density at radius 1 is 1.00 bits per heavy atom. The molecule has 0 aromatic heterocycles. The Bertz CT molecular complexity index is 457. The Labute approximate surface area is 102 Å². The fraction of sp³-hybridized carbons (Fsp3) is 0.250. The summed E-state index contributed by atoms with van der Waals surface area (Å²) in [6, 6.07) is 15.4. The number of hydrogen-bond acceptors (Lipinski definition) is 0. The molecular formula is C16H17F. The summed E-state index contributed by atoms with van der Waals surface area (Å²) < 4.78 is 13.3. The smallest absolute Gasteiger partial charge is 0.123 e. The Hall–Kier alpha value is -1.63. The van der Waals surface area contributed by atoms with E-state index in [0.717, 1.165) is 12.0 Å². The van der Waals surface area contributed by atoms with Gasteiger partial charge in [0.2, 0.25) is 0 Å². The van der Waals surface area contributed by atoms with Crippen molar-refractivity contribution in [1.82, 2.24) is 0 Å². The normalized spacial score (nSPS) is 12.4. The Morgan fingerprint density at radius 2 is 1.65 bits per heavy atom. The van der Waals surface area contributed by atoms with E-state index < -0.39 is 0 Å². The molecule has 0 spiro atoms. The van der Waals surface area contributed by atoms with Gasteiger partial charge in [-0.1, -0.05) is 48.9 Å². The molecule has 0 radical (unpaired) electrons. The zero-order valence-electron chi connectivity index (χ0n) is 10.3. The molecule has 0 aliphatic heterocycles. The highest BCUT2D eigenvalue weighted by atomic mass is 19.1. The number of benzene rings is 2. The molecule has 2 aromatic carbocycles. The molecule has 2 aromatic rings. The van der Waals surface area contributed by atoms with Crippen LogP contribution in [0.1, 0.15) is 36.0 Å². The van der Waals surface area contributed by atoms with Gasteiger partial charge < -0.3 is 0 Å². The molecule has 0 fully saturated rings. The summed E-state index contributed by atoms with van der Waals surface area (Å²) in [5.41, 5.74) is 3.56. The third kappa shape index (κ3) is 2.73. The van der Waals surface area contributed by atoms with Crippen LogP contribution in [0.4, 0.5) is 4.39 Å². The van der Waals surface area contributed by atoms with Crippen LogP contribution in [0.3, 0.4) is 0 Å². The van der Waals surface area contributed by atoms with Gasteiger partial charge in [-0.3, -0.25) is 0 Å². The van der Waals surface area contributed by atoms with Crippen LogP contribution in [0.5, 0.6) is 0 Å². The van der Waals surface area contributed by atoms with E-state index in [2.05, 4.69) is 38.1 Å². The van der Waals surface area contributed by atoms with Crippen LogP contribution in [0.15, 0.2) is 48.5 Å². The van der Waals surface area contributed by atoms with Gasteiger partial charge in [-0.25, -0.2) is 4.39 Å². The molecule has 0 aliphatic carbocycles. The van der Waals surface area contributed by atoms with Crippen molar-refractivity contribution in [3.8, 4) is 0 Å². The molecule has 0 N–H and O–H groups in total. The lowest BCUT2D eigenvalue weighted by Gasteiger charge is -2.16. The van der Waals surface area contributed by atoms with Crippen LogP contribution >= 0.6 is 0 Å². The SMILES string of the molecule is CCC(c1cccc(C)c1)c1cccc(F)c1. The van der Waals surface area contributed by atoms with Gasteiger partial charge in [-0.2, -0.15) is 0 Å². The molecule has 2 rings (SSSR count). The van der Waals surface area contributed by atoms with E-state index in [9.17, 15) is 4.39 Å². The Kier molecular flexibility index (Phi) is 3.58. The zero-order chi connectivity index (χ0) is 12.3. The van der Waals surface area contributed by atoms with Crippen LogP contribution in [-0.2, 0) is 0 Å². The van der Waals surface area contributed by atoms with E-state index in [1.807, 2.05) is 6.07 Å². The van der Waals surface area contributed by atoms with Gasteiger partial charge in [-0.05, 0) is 36.6 Å². The number of rotatable bonds is 3. The molecule has 1 unspecified atom stereocenters. The molecular weight excluding hydrogens is 211 g/mol. The average Bonchev–Trinajstić information content (AvgIpc) is 2.30. The minimum absolute atomic E-state index is 0.159. The highest BCUT2D eigenvalue weighted by Gasteiger charge is 2.12. The van der Waals surface area contributed by atoms with E-state index in [0.29, 0.717) is 0 Å². The first-order chi connectivity index (χ1) is 8.20. The van der Waals surface area contributed by atoms with Crippen LogP contribution in [-0.4, -0.2) is 0 Å². The summed E-state index contributed by atoms with van der Waals surface area (Å²) in [5.74, 6) is 0.124. The van der Waals surface area contributed by atoms with Gasteiger partial charge >= 0.3 is 0 Å². The molecule has 0 aliphatic rings. The predicted molar refractivity (Wildman–Crippen MR) is 69.7 cm³/mol. The molecule has 1 atom stereocenters. The van der Waals surface area contributed by atoms with E-state index in [4.69, 9.17) is 0 Å². The summed E-state index contributed by atoms with van der Waals surface area (Å²) >= 11 is 0. The van der Waals surface area contributed by atoms with Gasteiger partial charge in [0.25, 0.3) is 0 Å². The van der Waals surface area contributed by atoms with Gasteiger partial charge in [0.05, 0.1) is 0 Å². The first kappa shape index (κ1) is 11.8. The number of hydrogen-bond donors (Lipinski definition) is 0. The van der Waals surface area contributed by atoms with Gasteiger partial charge in [0.1, 0.15) is 5.82 Å². The van der Waals surface area contributed by atoms with Crippen molar-refractivity contribution in [2.45, 2.75) is 26.2 Å². The van der Waals surface area contributed by atoms with Crippen molar-refractivity contribution in [1.29, 1.82) is 0 Å². The lowest BCUT2D eigenvalue weighted by molar-refractivity contribution is 0.622. The Balaban J connectivity index is 2.40. The second kappa shape index (κ2) is 5.13. The number of aryl methyl sites for hydroxylation is 1. The second-order valence-electron chi connectivity index (χ2n) is 4.43. The maximum absolute atomic E-state index is 13.3. The van der Waals surface area contributed by atoms with Gasteiger partial charge in [0, 0.05) is 5.92 Å². The van der Waals surface area contributed by atoms with Crippen molar-refractivity contribution in [2.24, 2.45) is 0 Å². The van der Waals surface area contributed by atoms with E-state index >= 15 is 0 Å². The molecule has 0 heterocycles. The third-order valence-electron chi connectivity index (χ3n) is 3.10. The highest BCUT2D eigenvalue weighted by molar-refractivity contribution is 5.34. The molecule has 0 saturated carbocycles. The van der Waals surface area contributed by atoms with Crippen LogP contribution in [0.25, 0.3) is 0 Å². The Morgan fingerprint density at radius 3 is 2.24 bits per heavy atom. The maximum Gasteiger partial charge on any atom is 0.123 e. The maximum atomic E-state index is 13.3. The van der Waals surface area contributed by atoms with Crippen LogP contribution < -0.4 is 0 Å². The van der Waals surface area contributed by atoms with Crippen molar-refractivity contribution in [3.05, 3.63) is 71.0 Å². The molecule has 0 saturated heterocycles. The van der Waals surface area contributed by atoms with E-state index in [-0.39, 0.29) is 11.7 Å². The summed E-state index contributed by atoms with van der Waals surface area (Å²) in [6.07, 6.45) is 0.979. The predicted octanol–water partition coefficient (Wildman–Crippen LogP) is 4.68. The topological polar surface area (TPSA) is 0 Å². The second-order valence-corrected chi connectivity index (χ2v) is 4.43. The first-order valence-corrected chi connectivity index (χ1v) is 6.02. The summed E-state index contributed by atoms with van der Waals surface area (Å²) in [6.45, 7) is 4.22. The molecule has 0 amide bonds. The van der Waals surface area contributed by atoms with Crippen molar-refractivity contribution in [3.63, 3.8) is 0 Å². The summed E-state index contributed by atoms with van der Waals surface area (Å²) in [5, 5.41) is 0. The molecule has 88 valence electrons. The van der Waals surface area contributed by atoms with E-state index in [1.54, 1.807) is 12.1 Å². The standard InChI is InChI=1S/C16H17F/c1-3-16(13-7-4-6-12(2)10-13)14-8-5-9-15(17)11-14/h4-11,16H,3H2,1-2H3. The minimum atomic E-state index is -0.159. The fourth-order valence-electron chi connectivity index (χ4n) is 2.27. The summed E-state index contributed by atoms with van der Waals surface area (Å²) in [4.78, 5) is 0. The quantitative estimate of drug-likeness (QED) is 0.715. The fourth-order valence-corrected chi connectivity index (χ4v) is 2.27. The lowest BCUT2D eigenvalue weighted by atomic mass is 9.88. The van der Waals surface area contributed by atoms with Crippen LogP contribution in [0.2, 0.25) is 0 Å². The first-order valence-electron chi connectivity index (χ1n) is 6.02. The summed E-state index contributed by atoms with van der Waals surface area (Å²) in [7, 11) is 0. The average molecular weight is 228 g/mol. The van der Waals surface area contributed by atoms with E-state index in [1.165, 1.54) is 17.2 Å². The molecule has 1 heteroatoms. The van der Waals surface area contributed by atoms with Crippen molar-refractivity contribution >= 4 is 0 Å². The monoisotopic (exact) mass is 228 g/mol. The molecule has 17 heavy (non-hydrogen) atoms.